The maximum Gasteiger partial charge on any atom is 0.0221 e. The standard InChI is InChI=1S/C14H28N2/c1-4-12(3)14-10-16(8-7-15-14)13-6-5-11(2)9-13/h11-15H,4-10H2,1-3H3. The van der Waals surface area contributed by atoms with Crippen LogP contribution in [0.15, 0.2) is 0 Å². The molecule has 0 radical (unpaired) electrons. The second kappa shape index (κ2) is 5.50. The van der Waals surface area contributed by atoms with Crippen LogP contribution in [0.2, 0.25) is 0 Å². The van der Waals surface area contributed by atoms with E-state index in [0.29, 0.717) is 0 Å². The second-order valence-electron chi connectivity index (χ2n) is 6.01. The Morgan fingerprint density at radius 3 is 2.81 bits per heavy atom. The van der Waals surface area contributed by atoms with E-state index in [9.17, 15) is 0 Å². The third-order valence-corrected chi connectivity index (χ3v) is 4.75. The molecule has 0 aromatic heterocycles. The van der Waals surface area contributed by atoms with Gasteiger partial charge in [0.05, 0.1) is 0 Å². The highest BCUT2D eigenvalue weighted by Gasteiger charge is 2.31. The summed E-state index contributed by atoms with van der Waals surface area (Å²) in [4.78, 5) is 2.76. The van der Waals surface area contributed by atoms with Crippen molar-refractivity contribution in [2.45, 2.75) is 58.5 Å². The van der Waals surface area contributed by atoms with Crippen LogP contribution in [0.25, 0.3) is 0 Å². The highest BCUT2D eigenvalue weighted by molar-refractivity contribution is 4.88. The Balaban J connectivity index is 1.86. The molecule has 1 saturated carbocycles. The van der Waals surface area contributed by atoms with E-state index >= 15 is 0 Å². The van der Waals surface area contributed by atoms with Crippen LogP contribution >= 0.6 is 0 Å². The molecular weight excluding hydrogens is 196 g/mol. The van der Waals surface area contributed by atoms with E-state index in [1.807, 2.05) is 0 Å². The molecule has 16 heavy (non-hydrogen) atoms. The predicted octanol–water partition coefficient (Wildman–Crippen LogP) is 2.49. The number of piperazine rings is 1. The van der Waals surface area contributed by atoms with Gasteiger partial charge in [-0.25, -0.2) is 0 Å². The monoisotopic (exact) mass is 224 g/mol. The molecule has 0 aromatic rings. The largest absolute Gasteiger partial charge is 0.311 e. The van der Waals surface area contributed by atoms with Crippen molar-refractivity contribution in [3.05, 3.63) is 0 Å². The molecule has 2 fully saturated rings. The van der Waals surface area contributed by atoms with Crippen molar-refractivity contribution >= 4 is 0 Å². The first-order valence-corrected chi connectivity index (χ1v) is 7.18. The minimum Gasteiger partial charge on any atom is -0.311 e. The lowest BCUT2D eigenvalue weighted by Gasteiger charge is -2.39. The van der Waals surface area contributed by atoms with E-state index in [1.54, 1.807) is 0 Å². The molecule has 0 amide bonds. The highest BCUT2D eigenvalue weighted by Crippen LogP contribution is 2.29. The van der Waals surface area contributed by atoms with E-state index in [0.717, 1.165) is 23.9 Å². The minimum atomic E-state index is 0.731. The third-order valence-electron chi connectivity index (χ3n) is 4.75. The maximum absolute atomic E-state index is 3.69. The Hall–Kier alpha value is -0.0800. The molecule has 0 aromatic carbocycles. The number of hydrogen-bond acceptors (Lipinski definition) is 2. The predicted molar refractivity (Wildman–Crippen MR) is 69.6 cm³/mol. The molecule has 2 nitrogen and oxygen atoms in total. The Morgan fingerprint density at radius 2 is 2.19 bits per heavy atom. The van der Waals surface area contributed by atoms with Crippen molar-refractivity contribution in [3.63, 3.8) is 0 Å². The van der Waals surface area contributed by atoms with Crippen molar-refractivity contribution in [2.75, 3.05) is 19.6 Å². The molecule has 4 atom stereocenters. The quantitative estimate of drug-likeness (QED) is 0.792. The van der Waals surface area contributed by atoms with Crippen LogP contribution < -0.4 is 5.32 Å². The van der Waals surface area contributed by atoms with E-state index in [-0.39, 0.29) is 0 Å². The Bertz CT molecular complexity index is 217. The normalized spacial score (nSPS) is 38.8. The summed E-state index contributed by atoms with van der Waals surface area (Å²) in [5.74, 6) is 1.78. The van der Waals surface area contributed by atoms with Gasteiger partial charge >= 0.3 is 0 Å². The van der Waals surface area contributed by atoms with Gasteiger partial charge < -0.3 is 5.32 Å². The average Bonchev–Trinajstić information content (AvgIpc) is 2.75. The van der Waals surface area contributed by atoms with Gasteiger partial charge in [-0.2, -0.15) is 0 Å². The summed E-state index contributed by atoms with van der Waals surface area (Å²) in [7, 11) is 0. The molecule has 0 bridgehead atoms. The molecule has 2 aliphatic rings. The lowest BCUT2D eigenvalue weighted by Crippen LogP contribution is -2.55. The Kier molecular flexibility index (Phi) is 4.26. The molecule has 1 aliphatic heterocycles. The van der Waals surface area contributed by atoms with Gasteiger partial charge in [0.15, 0.2) is 0 Å². The van der Waals surface area contributed by atoms with Gasteiger partial charge in [-0.05, 0) is 31.1 Å². The maximum atomic E-state index is 3.69. The van der Waals surface area contributed by atoms with Crippen LogP contribution in [-0.2, 0) is 0 Å². The van der Waals surface area contributed by atoms with Gasteiger partial charge in [0.25, 0.3) is 0 Å². The van der Waals surface area contributed by atoms with Crippen molar-refractivity contribution in [3.8, 4) is 0 Å². The fraction of sp³-hybridized carbons (Fsp3) is 1.00. The number of hydrogen-bond donors (Lipinski definition) is 1. The zero-order valence-electron chi connectivity index (χ0n) is 11.2. The average molecular weight is 224 g/mol. The molecule has 94 valence electrons. The first-order valence-electron chi connectivity index (χ1n) is 7.18. The number of nitrogens with zero attached hydrogens (tertiary/aromatic N) is 1. The first kappa shape index (κ1) is 12.4. The smallest absolute Gasteiger partial charge is 0.0221 e. The Morgan fingerprint density at radius 1 is 1.38 bits per heavy atom. The van der Waals surface area contributed by atoms with Gasteiger partial charge in [0.1, 0.15) is 0 Å². The molecule has 1 saturated heterocycles. The molecule has 4 unspecified atom stereocenters. The van der Waals surface area contributed by atoms with Crippen LogP contribution in [0.1, 0.15) is 46.5 Å². The van der Waals surface area contributed by atoms with Crippen LogP contribution in [-0.4, -0.2) is 36.6 Å². The lowest BCUT2D eigenvalue weighted by atomic mass is 9.96. The Labute approximate surface area is 101 Å². The van der Waals surface area contributed by atoms with Crippen LogP contribution in [0.4, 0.5) is 0 Å². The lowest BCUT2D eigenvalue weighted by molar-refractivity contribution is 0.122. The fourth-order valence-electron chi connectivity index (χ4n) is 3.31. The molecule has 1 heterocycles. The fourth-order valence-corrected chi connectivity index (χ4v) is 3.31. The second-order valence-corrected chi connectivity index (χ2v) is 6.01. The van der Waals surface area contributed by atoms with Crippen molar-refractivity contribution in [1.29, 1.82) is 0 Å². The molecular formula is C14H28N2. The molecule has 2 rings (SSSR count). The van der Waals surface area contributed by atoms with Gasteiger partial charge in [-0.1, -0.05) is 27.2 Å². The van der Waals surface area contributed by atoms with E-state index in [4.69, 9.17) is 0 Å². The van der Waals surface area contributed by atoms with E-state index in [1.165, 1.54) is 45.3 Å². The summed E-state index contributed by atoms with van der Waals surface area (Å²) in [6.07, 6.45) is 5.62. The highest BCUT2D eigenvalue weighted by atomic mass is 15.2. The van der Waals surface area contributed by atoms with Gasteiger partial charge in [-0.15, -0.1) is 0 Å². The molecule has 2 heteroatoms. The van der Waals surface area contributed by atoms with Crippen molar-refractivity contribution in [1.82, 2.24) is 10.2 Å². The summed E-state index contributed by atoms with van der Waals surface area (Å²) in [6.45, 7) is 10.9. The minimum absolute atomic E-state index is 0.731. The van der Waals surface area contributed by atoms with Crippen molar-refractivity contribution < 1.29 is 0 Å². The van der Waals surface area contributed by atoms with Gasteiger partial charge in [0, 0.05) is 31.7 Å². The molecule has 1 N–H and O–H groups in total. The van der Waals surface area contributed by atoms with E-state index < -0.39 is 0 Å². The molecule has 1 aliphatic carbocycles. The van der Waals surface area contributed by atoms with Crippen LogP contribution in [0, 0.1) is 11.8 Å². The summed E-state index contributed by atoms with van der Waals surface area (Å²) in [5.41, 5.74) is 0. The van der Waals surface area contributed by atoms with Crippen LogP contribution in [0.3, 0.4) is 0 Å². The summed E-state index contributed by atoms with van der Waals surface area (Å²) >= 11 is 0. The summed E-state index contributed by atoms with van der Waals surface area (Å²) < 4.78 is 0. The topological polar surface area (TPSA) is 15.3 Å². The van der Waals surface area contributed by atoms with Gasteiger partial charge in [-0.3, -0.25) is 4.90 Å². The summed E-state index contributed by atoms with van der Waals surface area (Å²) in [6, 6.07) is 1.62. The number of nitrogens with one attached hydrogen (secondary N) is 1. The number of rotatable bonds is 3. The SMILES string of the molecule is CCC(C)C1CN(C2CCC(C)C2)CCN1. The van der Waals surface area contributed by atoms with Crippen LogP contribution in [0.5, 0.6) is 0 Å². The summed E-state index contributed by atoms with van der Waals surface area (Å²) in [5, 5.41) is 3.69. The van der Waals surface area contributed by atoms with Gasteiger partial charge in [0.2, 0.25) is 0 Å². The van der Waals surface area contributed by atoms with Crippen molar-refractivity contribution in [2.24, 2.45) is 11.8 Å². The molecule has 0 spiro atoms. The zero-order valence-corrected chi connectivity index (χ0v) is 11.2. The van der Waals surface area contributed by atoms with E-state index in [2.05, 4.69) is 31.0 Å². The first-order chi connectivity index (χ1) is 7.70. The third kappa shape index (κ3) is 2.78. The zero-order chi connectivity index (χ0) is 11.5.